The minimum absolute atomic E-state index is 0.677. The largest absolute Gasteiger partial charge is 0.460 e. The van der Waals surface area contributed by atoms with E-state index in [2.05, 4.69) is 69.3 Å². The molecule has 4 heteroatoms. The third kappa shape index (κ3) is 3.80. The van der Waals surface area contributed by atoms with E-state index in [0.717, 1.165) is 50.6 Å². The molecule has 0 spiro atoms. The first-order valence-electron chi connectivity index (χ1n) is 10.6. The highest BCUT2D eigenvalue weighted by atomic mass is 16.3. The van der Waals surface area contributed by atoms with Crippen molar-refractivity contribution >= 4 is 16.7 Å². The van der Waals surface area contributed by atoms with Gasteiger partial charge in [-0.1, -0.05) is 36.4 Å². The number of fused-ring (bicyclic) bond motifs is 1. The van der Waals surface area contributed by atoms with Gasteiger partial charge < -0.3 is 9.32 Å². The summed E-state index contributed by atoms with van der Waals surface area (Å²) >= 11 is 0. The second-order valence-corrected chi connectivity index (χ2v) is 8.14. The molecular weight excluding hydrogens is 346 g/mol. The van der Waals surface area contributed by atoms with E-state index in [1.54, 1.807) is 0 Å². The molecule has 0 bridgehead atoms. The van der Waals surface area contributed by atoms with Gasteiger partial charge in [0.1, 0.15) is 11.3 Å². The average molecular weight is 376 g/mol. The second kappa shape index (κ2) is 7.98. The van der Waals surface area contributed by atoms with Gasteiger partial charge in [-0.25, -0.2) is 0 Å². The first-order chi connectivity index (χ1) is 13.8. The summed E-state index contributed by atoms with van der Waals surface area (Å²) < 4.78 is 6.05. The van der Waals surface area contributed by atoms with Crippen LogP contribution in [0.15, 0.2) is 65.1 Å². The van der Waals surface area contributed by atoms with E-state index in [1.165, 1.54) is 30.5 Å². The maximum absolute atomic E-state index is 6.05. The number of hydrogen-bond acceptors (Lipinski definition) is 4. The number of nitrogens with zero attached hydrogens (tertiary/aromatic N) is 3. The molecule has 2 aromatic carbocycles. The van der Waals surface area contributed by atoms with Crippen molar-refractivity contribution in [1.29, 1.82) is 0 Å². The number of piperidine rings is 1. The molecule has 3 aromatic rings. The SMILES string of the molecule is c1ccc(N2CCN([C@@H]3CCCN(Cc4cc5ccccc5o4)C3)CC2)cc1. The average Bonchev–Trinajstić information content (AvgIpc) is 3.17. The summed E-state index contributed by atoms with van der Waals surface area (Å²) in [7, 11) is 0. The lowest BCUT2D eigenvalue weighted by molar-refractivity contribution is 0.0852. The van der Waals surface area contributed by atoms with E-state index in [0.29, 0.717) is 6.04 Å². The molecule has 3 heterocycles. The van der Waals surface area contributed by atoms with E-state index in [1.807, 2.05) is 6.07 Å². The van der Waals surface area contributed by atoms with Crippen LogP contribution >= 0.6 is 0 Å². The van der Waals surface area contributed by atoms with Gasteiger partial charge >= 0.3 is 0 Å². The van der Waals surface area contributed by atoms with Gasteiger partial charge in [0.15, 0.2) is 0 Å². The van der Waals surface area contributed by atoms with Crippen molar-refractivity contribution < 1.29 is 4.42 Å². The molecule has 1 aromatic heterocycles. The standard InChI is InChI=1S/C24H29N3O/c1-2-8-21(9-3-1)26-13-15-27(16-14-26)22-10-6-12-25(18-22)19-23-17-20-7-4-5-11-24(20)28-23/h1-5,7-9,11,17,22H,6,10,12-16,18-19H2/t22-/m1/s1. The van der Waals surface area contributed by atoms with Crippen LogP contribution in [0.1, 0.15) is 18.6 Å². The number of likely N-dealkylation sites (tertiary alicyclic amines) is 1. The van der Waals surface area contributed by atoms with Gasteiger partial charge in [-0.2, -0.15) is 0 Å². The van der Waals surface area contributed by atoms with Gasteiger partial charge in [0.2, 0.25) is 0 Å². The molecule has 28 heavy (non-hydrogen) atoms. The first kappa shape index (κ1) is 17.8. The molecule has 0 aliphatic carbocycles. The lowest BCUT2D eigenvalue weighted by Gasteiger charge is -2.43. The van der Waals surface area contributed by atoms with E-state index < -0.39 is 0 Å². The minimum atomic E-state index is 0.677. The second-order valence-electron chi connectivity index (χ2n) is 8.14. The van der Waals surface area contributed by atoms with Crippen LogP contribution in [0.25, 0.3) is 11.0 Å². The van der Waals surface area contributed by atoms with Crippen molar-refractivity contribution in [3.63, 3.8) is 0 Å². The molecule has 146 valence electrons. The normalized spacial score (nSPS) is 22.0. The number of hydrogen-bond donors (Lipinski definition) is 0. The monoisotopic (exact) mass is 375 g/mol. The molecule has 5 rings (SSSR count). The molecule has 0 saturated carbocycles. The molecule has 0 N–H and O–H groups in total. The number of benzene rings is 2. The maximum atomic E-state index is 6.05. The topological polar surface area (TPSA) is 22.9 Å². The van der Waals surface area contributed by atoms with Crippen molar-refractivity contribution in [2.24, 2.45) is 0 Å². The fourth-order valence-corrected chi connectivity index (χ4v) is 4.79. The van der Waals surface area contributed by atoms with E-state index in [9.17, 15) is 0 Å². The van der Waals surface area contributed by atoms with E-state index >= 15 is 0 Å². The Bertz CT molecular complexity index is 865. The third-order valence-corrected chi connectivity index (χ3v) is 6.29. The van der Waals surface area contributed by atoms with Crippen molar-refractivity contribution in [3.05, 3.63) is 66.4 Å². The molecule has 0 amide bonds. The van der Waals surface area contributed by atoms with Crippen LogP contribution in [0.3, 0.4) is 0 Å². The Labute approximate surface area is 167 Å². The molecule has 2 aliphatic heterocycles. The Morgan fingerprint density at radius 2 is 1.64 bits per heavy atom. The zero-order chi connectivity index (χ0) is 18.8. The molecule has 1 atom stereocenters. The molecule has 2 aliphatic rings. The van der Waals surface area contributed by atoms with Crippen LogP contribution in [-0.2, 0) is 6.54 Å². The Morgan fingerprint density at radius 1 is 0.857 bits per heavy atom. The predicted molar refractivity (Wildman–Crippen MR) is 115 cm³/mol. The summed E-state index contributed by atoms with van der Waals surface area (Å²) in [5.41, 5.74) is 2.36. The molecule has 4 nitrogen and oxygen atoms in total. The summed E-state index contributed by atoms with van der Waals surface area (Å²) in [6, 6.07) is 22.0. The molecule has 2 fully saturated rings. The third-order valence-electron chi connectivity index (χ3n) is 6.29. The van der Waals surface area contributed by atoms with Crippen LogP contribution < -0.4 is 4.90 Å². The van der Waals surface area contributed by atoms with Crippen LogP contribution in [-0.4, -0.2) is 55.1 Å². The van der Waals surface area contributed by atoms with Gasteiger partial charge in [-0.05, 0) is 43.7 Å². The quantitative estimate of drug-likeness (QED) is 0.681. The summed E-state index contributed by atoms with van der Waals surface area (Å²) in [5.74, 6) is 1.09. The van der Waals surface area contributed by atoms with E-state index in [4.69, 9.17) is 4.42 Å². The molecule has 0 radical (unpaired) electrons. The van der Waals surface area contributed by atoms with Gasteiger partial charge in [0.05, 0.1) is 6.54 Å². The number of para-hydroxylation sites is 2. The van der Waals surface area contributed by atoms with Crippen molar-refractivity contribution in [2.75, 3.05) is 44.2 Å². The lowest BCUT2D eigenvalue weighted by Crippen LogP contribution is -2.55. The molecule has 0 unspecified atom stereocenters. The van der Waals surface area contributed by atoms with Crippen LogP contribution in [0.4, 0.5) is 5.69 Å². The van der Waals surface area contributed by atoms with Crippen molar-refractivity contribution in [2.45, 2.75) is 25.4 Å². The first-order valence-corrected chi connectivity index (χ1v) is 10.6. The number of rotatable bonds is 4. The fraction of sp³-hybridized carbons (Fsp3) is 0.417. The highest BCUT2D eigenvalue weighted by molar-refractivity contribution is 5.77. The van der Waals surface area contributed by atoms with Gasteiger partial charge in [0.25, 0.3) is 0 Å². The predicted octanol–water partition coefficient (Wildman–Crippen LogP) is 4.22. The van der Waals surface area contributed by atoms with Gasteiger partial charge in [-0.15, -0.1) is 0 Å². The smallest absolute Gasteiger partial charge is 0.134 e. The van der Waals surface area contributed by atoms with Crippen molar-refractivity contribution in [1.82, 2.24) is 9.80 Å². The van der Waals surface area contributed by atoms with Crippen LogP contribution in [0.2, 0.25) is 0 Å². The Balaban J connectivity index is 1.18. The number of piperazine rings is 1. The lowest BCUT2D eigenvalue weighted by atomic mass is 10.0. The highest BCUT2D eigenvalue weighted by Crippen LogP contribution is 2.24. The summed E-state index contributed by atoms with van der Waals surface area (Å²) in [4.78, 5) is 7.81. The Kier molecular flexibility index (Phi) is 5.06. The Hall–Kier alpha value is -2.30. The minimum Gasteiger partial charge on any atom is -0.460 e. The van der Waals surface area contributed by atoms with Crippen LogP contribution in [0, 0.1) is 0 Å². The molecular formula is C24H29N3O. The number of furan rings is 1. The summed E-state index contributed by atoms with van der Waals surface area (Å²) in [6.45, 7) is 7.85. The summed E-state index contributed by atoms with van der Waals surface area (Å²) in [5, 5.41) is 1.21. The fourth-order valence-electron chi connectivity index (χ4n) is 4.79. The summed E-state index contributed by atoms with van der Waals surface area (Å²) in [6.07, 6.45) is 2.60. The van der Waals surface area contributed by atoms with Gasteiger partial charge in [-0.3, -0.25) is 9.80 Å². The highest BCUT2D eigenvalue weighted by Gasteiger charge is 2.28. The van der Waals surface area contributed by atoms with Crippen molar-refractivity contribution in [3.8, 4) is 0 Å². The maximum Gasteiger partial charge on any atom is 0.134 e. The zero-order valence-electron chi connectivity index (χ0n) is 16.5. The van der Waals surface area contributed by atoms with Crippen LogP contribution in [0.5, 0.6) is 0 Å². The Morgan fingerprint density at radius 3 is 2.46 bits per heavy atom. The van der Waals surface area contributed by atoms with E-state index in [-0.39, 0.29) is 0 Å². The zero-order valence-corrected chi connectivity index (χ0v) is 16.5. The van der Waals surface area contributed by atoms with Gasteiger partial charge in [0, 0.05) is 49.8 Å². The molecule has 2 saturated heterocycles. The number of anilines is 1.